The maximum absolute atomic E-state index is 12.6. The van der Waals surface area contributed by atoms with Gasteiger partial charge < -0.3 is 10.1 Å². The lowest BCUT2D eigenvalue weighted by Gasteiger charge is -2.10. The number of benzene rings is 1. The van der Waals surface area contributed by atoms with Crippen LogP contribution in [0.5, 0.6) is 11.6 Å². The number of carbonyl (C=O) groups excluding carboxylic acids is 1. The summed E-state index contributed by atoms with van der Waals surface area (Å²) >= 11 is 0. The molecule has 0 bridgehead atoms. The van der Waals surface area contributed by atoms with E-state index in [4.69, 9.17) is 4.74 Å². The molecule has 0 unspecified atom stereocenters. The highest BCUT2D eigenvalue weighted by Crippen LogP contribution is 2.22. The van der Waals surface area contributed by atoms with Gasteiger partial charge in [-0.1, -0.05) is 24.3 Å². The highest BCUT2D eigenvalue weighted by molar-refractivity contribution is 5.96. The van der Waals surface area contributed by atoms with Crippen LogP contribution in [0.2, 0.25) is 0 Å². The second kappa shape index (κ2) is 7.44. The zero-order chi connectivity index (χ0) is 18.5. The molecule has 10 heteroatoms. The number of nitrogens with one attached hydrogen (secondary N) is 2. The van der Waals surface area contributed by atoms with Crippen molar-refractivity contribution in [1.29, 1.82) is 0 Å². The lowest BCUT2D eigenvalue weighted by atomic mass is 10.2. The van der Waals surface area contributed by atoms with Gasteiger partial charge in [-0.25, -0.2) is 4.98 Å². The molecule has 0 radical (unpaired) electrons. The summed E-state index contributed by atoms with van der Waals surface area (Å²) in [5.41, 5.74) is 1.05. The quantitative estimate of drug-likeness (QED) is 0.533. The van der Waals surface area contributed by atoms with Gasteiger partial charge in [-0.15, -0.1) is 5.10 Å². The molecule has 1 amide bonds. The lowest BCUT2D eigenvalue weighted by molar-refractivity contribution is 0.0950. The van der Waals surface area contributed by atoms with Gasteiger partial charge in [0, 0.05) is 18.3 Å². The van der Waals surface area contributed by atoms with Gasteiger partial charge in [0.25, 0.3) is 5.91 Å². The van der Waals surface area contributed by atoms with Gasteiger partial charge in [0.1, 0.15) is 17.6 Å². The number of hydrogen-bond donors (Lipinski definition) is 2. The van der Waals surface area contributed by atoms with Crippen LogP contribution in [-0.2, 0) is 6.54 Å². The molecule has 4 aromatic rings. The Morgan fingerprint density at radius 2 is 2.07 bits per heavy atom. The predicted octanol–water partition coefficient (Wildman–Crippen LogP) is 1.50. The third-order valence-electron chi connectivity index (χ3n) is 3.69. The Hall–Kier alpha value is -4.08. The second-order valence-corrected chi connectivity index (χ2v) is 5.45. The Balaban J connectivity index is 1.48. The van der Waals surface area contributed by atoms with E-state index >= 15 is 0 Å². The fourth-order valence-electron chi connectivity index (χ4n) is 2.41. The van der Waals surface area contributed by atoms with Gasteiger partial charge in [-0.05, 0) is 28.6 Å². The normalized spacial score (nSPS) is 10.5. The molecular formula is C17H14N8O2. The summed E-state index contributed by atoms with van der Waals surface area (Å²) in [6.45, 7) is 0.231. The van der Waals surface area contributed by atoms with Crippen molar-refractivity contribution in [3.05, 3.63) is 72.3 Å². The highest BCUT2D eigenvalue weighted by atomic mass is 16.5. The maximum Gasteiger partial charge on any atom is 0.257 e. The van der Waals surface area contributed by atoms with E-state index in [-0.39, 0.29) is 12.5 Å². The van der Waals surface area contributed by atoms with E-state index in [1.165, 1.54) is 17.2 Å². The number of nitrogens with zero attached hydrogens (tertiary/aromatic N) is 6. The van der Waals surface area contributed by atoms with E-state index in [0.717, 1.165) is 5.56 Å². The molecule has 27 heavy (non-hydrogen) atoms. The SMILES string of the molecule is O=C(NCc1cccnc1Oc1ccccc1)c1cn[nH]c1-n1cnnn1. The summed E-state index contributed by atoms with van der Waals surface area (Å²) in [6, 6.07) is 12.9. The zero-order valence-corrected chi connectivity index (χ0v) is 14.0. The van der Waals surface area contributed by atoms with Crippen LogP contribution in [0.25, 0.3) is 5.82 Å². The van der Waals surface area contributed by atoms with Gasteiger partial charge in [-0.3, -0.25) is 9.89 Å². The van der Waals surface area contributed by atoms with Gasteiger partial charge in [0.05, 0.1) is 6.20 Å². The number of pyridine rings is 1. The van der Waals surface area contributed by atoms with Gasteiger partial charge >= 0.3 is 0 Å². The van der Waals surface area contributed by atoms with Crippen molar-refractivity contribution in [2.24, 2.45) is 0 Å². The number of rotatable bonds is 6. The lowest BCUT2D eigenvalue weighted by Crippen LogP contribution is -2.24. The molecule has 0 saturated heterocycles. The number of H-pyrrole nitrogens is 1. The van der Waals surface area contributed by atoms with Crippen molar-refractivity contribution in [2.45, 2.75) is 6.54 Å². The molecule has 10 nitrogen and oxygen atoms in total. The van der Waals surface area contributed by atoms with Crippen LogP contribution < -0.4 is 10.1 Å². The fourth-order valence-corrected chi connectivity index (χ4v) is 2.41. The number of carbonyl (C=O) groups is 1. The van der Waals surface area contributed by atoms with Gasteiger partial charge in [0.2, 0.25) is 5.88 Å². The van der Waals surface area contributed by atoms with Crippen molar-refractivity contribution in [3.63, 3.8) is 0 Å². The third-order valence-corrected chi connectivity index (χ3v) is 3.69. The Kier molecular flexibility index (Phi) is 4.51. The summed E-state index contributed by atoms with van der Waals surface area (Å²) < 4.78 is 7.13. The molecule has 1 aromatic carbocycles. The first-order valence-corrected chi connectivity index (χ1v) is 8.03. The van der Waals surface area contributed by atoms with Crippen LogP contribution in [0, 0.1) is 0 Å². The third kappa shape index (κ3) is 3.63. The Morgan fingerprint density at radius 3 is 2.89 bits per heavy atom. The molecule has 0 atom stereocenters. The fraction of sp³-hybridized carbons (Fsp3) is 0.0588. The minimum Gasteiger partial charge on any atom is -0.439 e. The summed E-state index contributed by atoms with van der Waals surface area (Å²) in [6.07, 6.45) is 4.42. The van der Waals surface area contributed by atoms with Crippen LogP contribution in [-0.4, -0.2) is 41.3 Å². The number of para-hydroxylation sites is 1. The number of tetrazole rings is 1. The van der Waals surface area contributed by atoms with E-state index < -0.39 is 0 Å². The summed E-state index contributed by atoms with van der Waals surface area (Å²) in [7, 11) is 0. The molecule has 0 aliphatic rings. The molecule has 0 aliphatic heterocycles. The summed E-state index contributed by atoms with van der Waals surface area (Å²) in [5.74, 6) is 1.14. The Bertz CT molecular complexity index is 1030. The molecule has 3 heterocycles. The van der Waals surface area contributed by atoms with Crippen molar-refractivity contribution < 1.29 is 9.53 Å². The van der Waals surface area contributed by atoms with Gasteiger partial charge in [0.15, 0.2) is 5.82 Å². The van der Waals surface area contributed by atoms with Crippen molar-refractivity contribution in [1.82, 2.24) is 40.7 Å². The molecular weight excluding hydrogens is 348 g/mol. The van der Waals surface area contributed by atoms with E-state index in [1.54, 1.807) is 12.3 Å². The number of ether oxygens (including phenoxy) is 1. The largest absolute Gasteiger partial charge is 0.439 e. The standard InChI is InChI=1S/C17H14N8O2/c26-16(14-10-20-22-15(14)25-11-21-23-24-25)19-9-12-5-4-8-18-17(12)27-13-6-2-1-3-7-13/h1-8,10-11H,9H2,(H,19,26)(H,20,22). The van der Waals surface area contributed by atoms with E-state index in [9.17, 15) is 4.79 Å². The first-order chi connectivity index (χ1) is 13.3. The first kappa shape index (κ1) is 16.4. The van der Waals surface area contributed by atoms with Gasteiger partial charge in [-0.2, -0.15) is 9.78 Å². The highest BCUT2D eigenvalue weighted by Gasteiger charge is 2.17. The number of hydrogen-bond acceptors (Lipinski definition) is 7. The average Bonchev–Trinajstić information content (AvgIpc) is 3.39. The molecule has 3 aromatic heterocycles. The molecule has 4 rings (SSSR count). The Labute approximate surface area is 153 Å². The van der Waals surface area contributed by atoms with Crippen molar-refractivity contribution >= 4 is 5.91 Å². The second-order valence-electron chi connectivity index (χ2n) is 5.45. The van der Waals surface area contributed by atoms with Crippen LogP contribution in [0.3, 0.4) is 0 Å². The topological polar surface area (TPSA) is 124 Å². The molecule has 0 saturated carbocycles. The van der Waals surface area contributed by atoms with Crippen LogP contribution >= 0.6 is 0 Å². The maximum atomic E-state index is 12.6. The number of aromatic nitrogens is 7. The smallest absolute Gasteiger partial charge is 0.257 e. The zero-order valence-electron chi connectivity index (χ0n) is 14.0. The number of amides is 1. The molecule has 0 aliphatic carbocycles. The van der Waals surface area contributed by atoms with Crippen LogP contribution in [0.4, 0.5) is 0 Å². The molecule has 2 N–H and O–H groups in total. The predicted molar refractivity (Wildman–Crippen MR) is 93.2 cm³/mol. The minimum absolute atomic E-state index is 0.231. The molecule has 0 spiro atoms. The molecule has 0 fully saturated rings. The van der Waals surface area contributed by atoms with Crippen molar-refractivity contribution in [3.8, 4) is 17.4 Å². The Morgan fingerprint density at radius 1 is 1.19 bits per heavy atom. The van der Waals surface area contributed by atoms with E-state index in [1.807, 2.05) is 36.4 Å². The summed E-state index contributed by atoms with van der Waals surface area (Å²) in [4.78, 5) is 16.8. The van der Waals surface area contributed by atoms with Crippen molar-refractivity contribution in [2.75, 3.05) is 0 Å². The number of aromatic amines is 1. The van der Waals surface area contributed by atoms with E-state index in [2.05, 4.69) is 36.0 Å². The minimum atomic E-state index is -0.330. The first-order valence-electron chi connectivity index (χ1n) is 8.03. The van der Waals surface area contributed by atoms with E-state index in [0.29, 0.717) is 23.0 Å². The van der Waals surface area contributed by atoms with Crippen LogP contribution in [0.1, 0.15) is 15.9 Å². The summed E-state index contributed by atoms with van der Waals surface area (Å²) in [5, 5.41) is 20.3. The van der Waals surface area contributed by atoms with Crippen LogP contribution in [0.15, 0.2) is 61.2 Å². The average molecular weight is 362 g/mol. The molecule has 134 valence electrons. The monoisotopic (exact) mass is 362 g/mol.